The highest BCUT2D eigenvalue weighted by atomic mass is 35.5. The first-order valence-electron chi connectivity index (χ1n) is 8.00. The van der Waals surface area contributed by atoms with Crippen LogP contribution < -0.4 is 15.4 Å². The minimum Gasteiger partial charge on any atom is -0.454 e. The smallest absolute Gasteiger partial charge is 0.259 e. The van der Waals surface area contributed by atoms with Gasteiger partial charge >= 0.3 is 0 Å². The van der Waals surface area contributed by atoms with Crippen molar-refractivity contribution in [1.82, 2.24) is 0 Å². The largest absolute Gasteiger partial charge is 0.454 e. The molecule has 0 aromatic heterocycles. The number of carbonyl (C=O) groups is 2. The fourth-order valence-electron chi connectivity index (χ4n) is 2.68. The third-order valence-electron chi connectivity index (χ3n) is 4.02. The van der Waals surface area contributed by atoms with Gasteiger partial charge in [0, 0.05) is 11.3 Å². The Hall–Kier alpha value is -3.02. The fraction of sp³-hybridized carbons (Fsp3) is 0. The lowest BCUT2D eigenvalue weighted by atomic mass is 10.1. The number of nitrogens with one attached hydrogen (secondary N) is 2. The lowest BCUT2D eigenvalue weighted by Crippen LogP contribution is -2.14. The predicted octanol–water partition coefficient (Wildman–Crippen LogP) is 5.60. The van der Waals surface area contributed by atoms with Crippen LogP contribution in [0.4, 0.5) is 11.4 Å². The predicted molar refractivity (Wildman–Crippen MR) is 105 cm³/mol. The van der Waals surface area contributed by atoms with Gasteiger partial charge in [0.05, 0.1) is 21.3 Å². The first-order valence-corrected chi connectivity index (χ1v) is 8.75. The SMILES string of the molecule is O=C(Nc1ccc2c(c1)C(=O)Nc1ccccc1O2)c1ccc(Cl)c(Cl)c1. The number of ether oxygens (including phenoxy) is 1. The molecule has 1 aliphatic rings. The Labute approximate surface area is 164 Å². The van der Waals surface area contributed by atoms with Crippen molar-refractivity contribution >= 4 is 46.4 Å². The van der Waals surface area contributed by atoms with Gasteiger partial charge in [-0.05, 0) is 48.5 Å². The van der Waals surface area contributed by atoms with Crippen molar-refractivity contribution in [3.63, 3.8) is 0 Å². The number of carbonyl (C=O) groups excluding carboxylic acids is 2. The molecule has 5 nitrogen and oxygen atoms in total. The first kappa shape index (κ1) is 17.4. The number of halogens is 2. The van der Waals surface area contributed by atoms with Crippen molar-refractivity contribution in [1.29, 1.82) is 0 Å². The second-order valence-corrected chi connectivity index (χ2v) is 6.66. The van der Waals surface area contributed by atoms with E-state index in [0.717, 1.165) is 0 Å². The van der Waals surface area contributed by atoms with Gasteiger partial charge in [0.1, 0.15) is 5.75 Å². The number of amides is 2. The molecule has 2 amide bonds. The summed E-state index contributed by atoms with van der Waals surface area (Å²) >= 11 is 11.8. The molecule has 3 aromatic rings. The van der Waals surface area contributed by atoms with E-state index >= 15 is 0 Å². The quantitative estimate of drug-likeness (QED) is 0.589. The molecule has 0 aliphatic carbocycles. The van der Waals surface area contributed by atoms with Gasteiger partial charge in [0.15, 0.2) is 5.75 Å². The number of fused-ring (bicyclic) bond motifs is 2. The Balaban J connectivity index is 1.61. The summed E-state index contributed by atoms with van der Waals surface area (Å²) in [6, 6.07) is 16.6. The van der Waals surface area contributed by atoms with Crippen LogP contribution in [0.5, 0.6) is 11.5 Å². The maximum atomic E-state index is 12.5. The van der Waals surface area contributed by atoms with Crippen molar-refractivity contribution < 1.29 is 14.3 Å². The van der Waals surface area contributed by atoms with E-state index in [1.165, 1.54) is 6.07 Å². The van der Waals surface area contributed by atoms with Gasteiger partial charge in [0.2, 0.25) is 0 Å². The van der Waals surface area contributed by atoms with Crippen molar-refractivity contribution in [2.45, 2.75) is 0 Å². The Morgan fingerprint density at radius 1 is 0.926 bits per heavy atom. The number of hydrogen-bond acceptors (Lipinski definition) is 3. The van der Waals surface area contributed by atoms with E-state index in [-0.39, 0.29) is 16.8 Å². The summed E-state index contributed by atoms with van der Waals surface area (Å²) in [6.45, 7) is 0. The van der Waals surface area contributed by atoms with Crippen molar-refractivity contribution in [2.24, 2.45) is 0 Å². The number of hydrogen-bond donors (Lipinski definition) is 2. The molecule has 0 saturated heterocycles. The van der Waals surface area contributed by atoms with Crippen molar-refractivity contribution in [3.05, 3.63) is 81.8 Å². The normalized spacial score (nSPS) is 12.1. The first-order chi connectivity index (χ1) is 13.0. The van der Waals surface area contributed by atoms with Gasteiger partial charge in [-0.2, -0.15) is 0 Å². The zero-order valence-corrected chi connectivity index (χ0v) is 15.3. The number of benzene rings is 3. The summed E-state index contributed by atoms with van der Waals surface area (Å²) in [7, 11) is 0. The van der Waals surface area contributed by atoms with Crippen molar-refractivity contribution in [2.75, 3.05) is 10.6 Å². The Morgan fingerprint density at radius 3 is 2.56 bits per heavy atom. The second kappa shape index (κ2) is 6.95. The van der Waals surface area contributed by atoms with E-state index in [1.54, 1.807) is 48.5 Å². The van der Waals surface area contributed by atoms with Gasteiger partial charge in [-0.3, -0.25) is 9.59 Å². The van der Waals surface area contributed by atoms with Crippen LogP contribution in [0.15, 0.2) is 60.7 Å². The Kier molecular flexibility index (Phi) is 4.48. The van der Waals surface area contributed by atoms with E-state index < -0.39 is 0 Å². The zero-order chi connectivity index (χ0) is 19.0. The van der Waals surface area contributed by atoms with Crippen LogP contribution in [0.1, 0.15) is 20.7 Å². The van der Waals surface area contributed by atoms with Crippen LogP contribution in [-0.2, 0) is 0 Å². The molecule has 7 heteroatoms. The summed E-state index contributed by atoms with van der Waals surface area (Å²) in [5, 5.41) is 6.19. The van der Waals surface area contributed by atoms with Crippen LogP contribution in [0.3, 0.4) is 0 Å². The molecule has 0 fully saturated rings. The molecule has 0 spiro atoms. The molecular weight excluding hydrogens is 387 g/mol. The van der Waals surface area contributed by atoms with Crippen LogP contribution >= 0.6 is 23.2 Å². The molecule has 0 atom stereocenters. The molecule has 27 heavy (non-hydrogen) atoms. The fourth-order valence-corrected chi connectivity index (χ4v) is 2.98. The van der Waals surface area contributed by atoms with E-state index in [9.17, 15) is 9.59 Å². The van der Waals surface area contributed by atoms with Gasteiger partial charge in [0.25, 0.3) is 11.8 Å². The third kappa shape index (κ3) is 3.47. The van der Waals surface area contributed by atoms with Gasteiger partial charge in [-0.25, -0.2) is 0 Å². The van der Waals surface area contributed by atoms with Crippen LogP contribution in [0, 0.1) is 0 Å². The minimum atomic E-state index is -0.369. The lowest BCUT2D eigenvalue weighted by Gasteiger charge is -2.10. The van der Waals surface area contributed by atoms with Crippen molar-refractivity contribution in [3.8, 4) is 11.5 Å². The highest BCUT2D eigenvalue weighted by molar-refractivity contribution is 6.42. The highest BCUT2D eigenvalue weighted by Crippen LogP contribution is 2.36. The summed E-state index contributed by atoms with van der Waals surface area (Å²) in [4.78, 5) is 25.0. The molecule has 3 aromatic carbocycles. The molecule has 1 heterocycles. The lowest BCUT2D eigenvalue weighted by molar-refractivity contribution is 0.101. The molecular formula is C20H12Cl2N2O3. The Bertz CT molecular complexity index is 1080. The molecule has 0 unspecified atom stereocenters. The standard InChI is InChI=1S/C20H12Cl2N2O3/c21-14-7-5-11(9-15(14)22)19(25)23-12-6-8-17-13(10-12)20(26)24-16-3-1-2-4-18(16)27-17/h1-10H,(H,23,25)(H,24,26). The molecule has 0 bridgehead atoms. The number of rotatable bonds is 2. The molecule has 1 aliphatic heterocycles. The molecule has 4 rings (SSSR count). The monoisotopic (exact) mass is 398 g/mol. The van der Waals surface area contributed by atoms with E-state index in [1.807, 2.05) is 6.07 Å². The summed E-state index contributed by atoms with van der Waals surface area (Å²) < 4.78 is 5.82. The highest BCUT2D eigenvalue weighted by Gasteiger charge is 2.21. The third-order valence-corrected chi connectivity index (χ3v) is 4.76. The Morgan fingerprint density at radius 2 is 1.74 bits per heavy atom. The van der Waals surface area contributed by atoms with Crippen LogP contribution in [0.25, 0.3) is 0 Å². The topological polar surface area (TPSA) is 67.4 Å². The number of anilines is 2. The number of para-hydroxylation sites is 2. The van der Waals surface area contributed by atoms with Gasteiger partial charge in [-0.15, -0.1) is 0 Å². The van der Waals surface area contributed by atoms with Gasteiger partial charge < -0.3 is 15.4 Å². The molecule has 2 N–H and O–H groups in total. The van der Waals surface area contributed by atoms with Crippen LogP contribution in [-0.4, -0.2) is 11.8 Å². The van der Waals surface area contributed by atoms with E-state index in [2.05, 4.69) is 10.6 Å². The van der Waals surface area contributed by atoms with E-state index in [0.29, 0.717) is 39.0 Å². The average Bonchev–Trinajstić information content (AvgIpc) is 2.80. The van der Waals surface area contributed by atoms with Gasteiger partial charge in [-0.1, -0.05) is 35.3 Å². The van der Waals surface area contributed by atoms with Crippen LogP contribution in [0.2, 0.25) is 10.0 Å². The summed E-state index contributed by atoms with van der Waals surface area (Å²) in [5.74, 6) is 0.273. The zero-order valence-electron chi connectivity index (χ0n) is 13.8. The summed E-state index contributed by atoms with van der Waals surface area (Å²) in [6.07, 6.45) is 0. The maximum absolute atomic E-state index is 12.5. The minimum absolute atomic E-state index is 0.289. The van der Waals surface area contributed by atoms with E-state index in [4.69, 9.17) is 27.9 Å². The molecule has 0 saturated carbocycles. The maximum Gasteiger partial charge on any atom is 0.259 e. The second-order valence-electron chi connectivity index (χ2n) is 5.85. The summed E-state index contributed by atoms with van der Waals surface area (Å²) in [5.41, 5.74) is 1.71. The average molecular weight is 399 g/mol. The molecule has 0 radical (unpaired) electrons. The molecule has 134 valence electrons.